The maximum Gasteiger partial charge on any atom is 0.306 e. The Morgan fingerprint density at radius 3 is 1.31 bits per heavy atom. The van der Waals surface area contributed by atoms with Gasteiger partial charge in [0.1, 0.15) is 55.4 Å². The molecule has 0 saturated carbocycles. The van der Waals surface area contributed by atoms with Crippen LogP contribution in [0.25, 0.3) is 0 Å². The molecule has 2 fully saturated rings. The summed E-state index contributed by atoms with van der Waals surface area (Å²) in [6.07, 6.45) is 26.8. The highest BCUT2D eigenvalue weighted by atomic mass is 16.7. The Morgan fingerprint density at radius 2 is 0.843 bits per heavy atom. The second kappa shape index (κ2) is 42.6. The molecule has 0 radical (unpaired) electrons. The predicted molar refractivity (Wildman–Crippen MR) is 271 cm³/mol. The molecule has 15 nitrogen and oxygen atoms in total. The number of carbonyl (C=O) groups is 2. The van der Waals surface area contributed by atoms with Crippen LogP contribution >= 0.6 is 0 Å². The summed E-state index contributed by atoms with van der Waals surface area (Å²) >= 11 is 0. The number of esters is 2. The molecule has 0 aromatic rings. The summed E-state index contributed by atoms with van der Waals surface area (Å²) in [5.74, 6) is -0.967. The maximum absolute atomic E-state index is 13.0. The van der Waals surface area contributed by atoms with Crippen LogP contribution in [0.4, 0.5) is 0 Å². The number of aliphatic hydroxyl groups is 7. The molecule has 2 aliphatic rings. The first kappa shape index (κ1) is 64.4. The summed E-state index contributed by atoms with van der Waals surface area (Å²) in [5.41, 5.74) is 0. The van der Waals surface area contributed by atoms with Gasteiger partial charge in [0.05, 0.1) is 19.8 Å². The van der Waals surface area contributed by atoms with Crippen molar-refractivity contribution in [2.75, 3.05) is 26.4 Å². The van der Waals surface area contributed by atoms with Crippen LogP contribution < -0.4 is 0 Å². The van der Waals surface area contributed by atoms with Crippen molar-refractivity contribution < 1.29 is 73.8 Å². The van der Waals surface area contributed by atoms with E-state index in [1.807, 2.05) is 6.08 Å². The molecule has 0 aliphatic carbocycles. The average Bonchev–Trinajstić information content (AvgIpc) is 3.35. The van der Waals surface area contributed by atoms with E-state index in [9.17, 15) is 45.3 Å². The second-order valence-electron chi connectivity index (χ2n) is 20.1. The van der Waals surface area contributed by atoms with Crippen molar-refractivity contribution in [3.63, 3.8) is 0 Å². The van der Waals surface area contributed by atoms with Gasteiger partial charge in [0.25, 0.3) is 0 Å². The monoisotopic (exact) mass is 1000 g/mol. The third kappa shape index (κ3) is 29.8. The number of rotatable bonds is 45. The topological polar surface area (TPSA) is 231 Å². The van der Waals surface area contributed by atoms with Crippen LogP contribution in [0.15, 0.2) is 12.2 Å². The minimum Gasteiger partial charge on any atom is -0.462 e. The lowest BCUT2D eigenvalue weighted by Gasteiger charge is -2.42. The van der Waals surface area contributed by atoms with Gasteiger partial charge in [0.15, 0.2) is 18.7 Å². The Morgan fingerprint density at radius 1 is 0.443 bits per heavy atom. The zero-order valence-corrected chi connectivity index (χ0v) is 43.8. The van der Waals surface area contributed by atoms with Crippen molar-refractivity contribution in [1.29, 1.82) is 0 Å². The van der Waals surface area contributed by atoms with Crippen molar-refractivity contribution in [2.45, 2.75) is 300 Å². The fourth-order valence-electron chi connectivity index (χ4n) is 9.12. The molecule has 2 saturated heterocycles. The van der Waals surface area contributed by atoms with Crippen LogP contribution in [0, 0.1) is 0 Å². The Hall–Kier alpha value is -1.76. The summed E-state index contributed by atoms with van der Waals surface area (Å²) in [6, 6.07) is 0. The first-order chi connectivity index (χ1) is 34.0. The van der Waals surface area contributed by atoms with Gasteiger partial charge in [-0.2, -0.15) is 0 Å². The molecule has 0 aromatic carbocycles. The lowest BCUT2D eigenvalue weighted by Crippen LogP contribution is -2.61. The SMILES string of the molecule is CCCCCCCCCCCCC/C=C/CCC(=O)O[C@@H](COC(=O)CCCCCCCCCCCCCCCCCCCCC)CO[C@@H]1O[C@H](CO[C@@H]2O[C@H](CO)[C@H](O)C(O)C2O)[C@H](O)C(O)C1O. The first-order valence-corrected chi connectivity index (χ1v) is 28.3. The molecule has 70 heavy (non-hydrogen) atoms. The molecule has 0 amide bonds. The number of ether oxygens (including phenoxy) is 6. The fourth-order valence-corrected chi connectivity index (χ4v) is 9.12. The third-order valence-corrected chi connectivity index (χ3v) is 13.8. The van der Waals surface area contributed by atoms with Crippen molar-refractivity contribution in [1.82, 2.24) is 0 Å². The van der Waals surface area contributed by atoms with E-state index in [2.05, 4.69) is 19.9 Å². The van der Waals surface area contributed by atoms with Gasteiger partial charge in [-0.1, -0.05) is 206 Å². The van der Waals surface area contributed by atoms with E-state index in [4.69, 9.17) is 28.4 Å². The summed E-state index contributed by atoms with van der Waals surface area (Å²) in [6.45, 7) is 2.60. The third-order valence-electron chi connectivity index (χ3n) is 13.8. The fraction of sp³-hybridized carbons (Fsp3) is 0.927. The molecule has 2 heterocycles. The van der Waals surface area contributed by atoms with Gasteiger partial charge in [-0.25, -0.2) is 0 Å². The Labute approximate surface area is 422 Å². The minimum absolute atomic E-state index is 0.0867. The molecule has 412 valence electrons. The van der Waals surface area contributed by atoms with Gasteiger partial charge in [0.2, 0.25) is 0 Å². The lowest BCUT2D eigenvalue weighted by atomic mass is 9.98. The smallest absolute Gasteiger partial charge is 0.306 e. The van der Waals surface area contributed by atoms with Gasteiger partial charge in [-0.05, 0) is 25.7 Å². The Bertz CT molecular complexity index is 1270. The highest BCUT2D eigenvalue weighted by molar-refractivity contribution is 5.70. The number of aliphatic hydroxyl groups excluding tert-OH is 7. The number of hydrogen-bond acceptors (Lipinski definition) is 15. The van der Waals surface area contributed by atoms with Crippen LogP contribution in [0.3, 0.4) is 0 Å². The molecule has 11 atom stereocenters. The van der Waals surface area contributed by atoms with E-state index in [0.29, 0.717) is 12.8 Å². The van der Waals surface area contributed by atoms with E-state index in [-0.39, 0.29) is 19.4 Å². The van der Waals surface area contributed by atoms with Crippen LogP contribution in [0.2, 0.25) is 0 Å². The van der Waals surface area contributed by atoms with Crippen LogP contribution in [0.5, 0.6) is 0 Å². The number of allylic oxidation sites excluding steroid dienone is 2. The van der Waals surface area contributed by atoms with Gasteiger partial charge < -0.3 is 64.2 Å². The first-order valence-electron chi connectivity index (χ1n) is 28.3. The Kier molecular flexibility index (Phi) is 39.1. The van der Waals surface area contributed by atoms with E-state index >= 15 is 0 Å². The zero-order valence-electron chi connectivity index (χ0n) is 43.8. The number of hydrogen-bond donors (Lipinski definition) is 7. The molecular weight excluding hydrogens is 901 g/mol. The molecule has 4 unspecified atom stereocenters. The molecule has 2 rings (SSSR count). The molecule has 0 spiro atoms. The molecule has 15 heteroatoms. The van der Waals surface area contributed by atoms with Crippen molar-refractivity contribution in [3.05, 3.63) is 12.2 Å². The van der Waals surface area contributed by atoms with Gasteiger partial charge in [0, 0.05) is 12.8 Å². The molecule has 7 N–H and O–H groups in total. The average molecular weight is 1000 g/mol. The summed E-state index contributed by atoms with van der Waals surface area (Å²) < 4.78 is 33.6. The van der Waals surface area contributed by atoms with Gasteiger partial charge in [-0.3, -0.25) is 9.59 Å². The molecule has 0 bridgehead atoms. The molecule has 2 aliphatic heterocycles. The highest BCUT2D eigenvalue weighted by Gasteiger charge is 2.47. The minimum atomic E-state index is -1.77. The second-order valence-corrected chi connectivity index (χ2v) is 20.1. The molecule has 0 aromatic heterocycles. The summed E-state index contributed by atoms with van der Waals surface area (Å²) in [5, 5.41) is 72.2. The largest absolute Gasteiger partial charge is 0.462 e. The van der Waals surface area contributed by atoms with Crippen molar-refractivity contribution in [3.8, 4) is 0 Å². The van der Waals surface area contributed by atoms with Crippen LogP contribution in [-0.4, -0.2) is 142 Å². The summed E-state index contributed by atoms with van der Waals surface area (Å²) in [4.78, 5) is 25.8. The van der Waals surface area contributed by atoms with E-state index in [0.717, 1.165) is 32.1 Å². The highest BCUT2D eigenvalue weighted by Crippen LogP contribution is 2.27. The molecular formula is C55H102O15. The van der Waals surface area contributed by atoms with Crippen LogP contribution in [-0.2, 0) is 38.0 Å². The van der Waals surface area contributed by atoms with Crippen LogP contribution in [0.1, 0.15) is 232 Å². The summed E-state index contributed by atoms with van der Waals surface area (Å²) in [7, 11) is 0. The zero-order chi connectivity index (χ0) is 51.0. The van der Waals surface area contributed by atoms with Crippen molar-refractivity contribution in [2.24, 2.45) is 0 Å². The van der Waals surface area contributed by atoms with Gasteiger partial charge in [-0.15, -0.1) is 0 Å². The lowest BCUT2D eigenvalue weighted by molar-refractivity contribution is -0.332. The van der Waals surface area contributed by atoms with Gasteiger partial charge >= 0.3 is 11.9 Å². The van der Waals surface area contributed by atoms with E-state index in [1.54, 1.807) is 0 Å². The number of unbranched alkanes of at least 4 members (excludes halogenated alkanes) is 29. The predicted octanol–water partition coefficient (Wildman–Crippen LogP) is 8.94. The standard InChI is InChI=1S/C55H102O15/c1-3-5-7-9-11-13-15-17-19-20-21-22-24-25-27-29-31-33-35-37-46(57)65-40-43(68-47(58)38-36-34-32-30-28-26-23-18-16-14-12-10-8-6-4-2)41-66-54-53(64)51(62)49(60)45(70-54)42-67-55-52(63)50(61)48(59)44(39-56)69-55/h32,34,43-45,48-56,59-64H,3-31,33,35-42H2,1-2H3/b34-32+/t43-,44+,45+,48-,49-,50?,51?,52?,53?,54+,55+/m0/s1. The van der Waals surface area contributed by atoms with Crippen molar-refractivity contribution >= 4 is 11.9 Å². The normalized spacial score (nSPS) is 25.4. The number of carbonyl (C=O) groups excluding carboxylic acids is 2. The van der Waals surface area contributed by atoms with E-state index in [1.165, 1.54) is 161 Å². The quantitative estimate of drug-likeness (QED) is 0.0172. The Balaban J connectivity index is 1.77. The maximum atomic E-state index is 13.0. The van der Waals surface area contributed by atoms with E-state index < -0.39 is 99.3 Å².